The molecule has 1 aromatic heterocycles. The Morgan fingerprint density at radius 1 is 1.35 bits per heavy atom. The molecule has 2 aromatic rings. The van der Waals surface area contributed by atoms with E-state index in [-0.39, 0.29) is 18.4 Å². The number of hydrogen-bond donors (Lipinski definition) is 2. The number of aliphatic hydroxyl groups is 1. The van der Waals surface area contributed by atoms with Crippen LogP contribution in [0.3, 0.4) is 0 Å². The van der Waals surface area contributed by atoms with E-state index in [4.69, 9.17) is 17.0 Å². The van der Waals surface area contributed by atoms with Gasteiger partial charge in [-0.05, 0) is 49.5 Å². The highest BCUT2D eigenvalue weighted by Crippen LogP contribution is 2.36. The van der Waals surface area contributed by atoms with E-state index in [1.54, 1.807) is 11.6 Å². The van der Waals surface area contributed by atoms with Crippen LogP contribution < -0.4 is 4.74 Å². The zero-order chi connectivity index (χ0) is 19.5. The van der Waals surface area contributed by atoms with Gasteiger partial charge in [0.15, 0.2) is 11.6 Å². The number of rotatable bonds is 7. The first kappa shape index (κ1) is 20.5. The number of benzene rings is 1. The Kier molecular flexibility index (Phi) is 6.18. The van der Waals surface area contributed by atoms with Gasteiger partial charge in [-0.1, -0.05) is 20.8 Å². The second kappa shape index (κ2) is 7.84. The lowest BCUT2D eigenvalue weighted by Gasteiger charge is -2.41. The molecule has 26 heavy (non-hydrogen) atoms. The Balaban J connectivity index is 2.06. The molecule has 144 valence electrons. The van der Waals surface area contributed by atoms with Crippen molar-refractivity contribution in [2.75, 3.05) is 0 Å². The lowest BCUT2D eigenvalue weighted by atomic mass is 9.73. The first-order valence-corrected chi connectivity index (χ1v) is 8.87. The van der Waals surface area contributed by atoms with Gasteiger partial charge in [0.05, 0.1) is 18.2 Å². The van der Waals surface area contributed by atoms with Gasteiger partial charge >= 0.3 is 0 Å². The summed E-state index contributed by atoms with van der Waals surface area (Å²) in [4.78, 5) is 3.96. The van der Waals surface area contributed by atoms with E-state index >= 15 is 0 Å². The molecule has 8 heteroatoms. The molecule has 1 aromatic carbocycles. The standard InChI is InChI=1S/C18H25F2N3O2S/c1-12(25-15-6-5-13(19)9-14(15)20)7-8-18(24,17(2,3)4)10-23-16(26)21-11-22-23/h5-6,9,11-12,24H,7-8,10H2,1-4H3,(H,21,22,26). The quantitative estimate of drug-likeness (QED) is 0.700. The molecule has 0 fully saturated rings. The maximum atomic E-state index is 13.7. The molecule has 0 saturated heterocycles. The van der Waals surface area contributed by atoms with Crippen molar-refractivity contribution in [2.24, 2.45) is 5.41 Å². The second-order valence-electron chi connectivity index (χ2n) is 7.58. The number of aromatic amines is 1. The van der Waals surface area contributed by atoms with E-state index in [9.17, 15) is 13.9 Å². The minimum Gasteiger partial charge on any atom is -0.488 e. The third kappa shape index (κ3) is 4.88. The normalized spacial score (nSPS) is 15.5. The predicted molar refractivity (Wildman–Crippen MR) is 97.5 cm³/mol. The molecule has 2 rings (SSSR count). The summed E-state index contributed by atoms with van der Waals surface area (Å²) in [5, 5.41) is 14.2. The molecule has 0 radical (unpaired) electrons. The van der Waals surface area contributed by atoms with Crippen molar-refractivity contribution in [2.45, 2.75) is 58.8 Å². The van der Waals surface area contributed by atoms with Crippen LogP contribution in [0.25, 0.3) is 0 Å². The zero-order valence-electron chi connectivity index (χ0n) is 15.4. The molecule has 0 aliphatic rings. The molecule has 2 unspecified atom stereocenters. The number of halogens is 2. The van der Waals surface area contributed by atoms with Crippen molar-refractivity contribution in [1.82, 2.24) is 14.8 Å². The maximum Gasteiger partial charge on any atom is 0.215 e. The number of nitrogens with one attached hydrogen (secondary N) is 1. The van der Waals surface area contributed by atoms with Gasteiger partial charge in [-0.25, -0.2) is 13.8 Å². The molecule has 1 heterocycles. The smallest absolute Gasteiger partial charge is 0.215 e. The molecule has 0 aliphatic heterocycles. The number of aromatic nitrogens is 3. The van der Waals surface area contributed by atoms with Gasteiger partial charge < -0.3 is 9.84 Å². The molecule has 0 saturated carbocycles. The molecule has 0 aliphatic carbocycles. The third-order valence-electron chi connectivity index (χ3n) is 4.62. The number of hydrogen-bond acceptors (Lipinski definition) is 4. The fraction of sp³-hybridized carbons (Fsp3) is 0.556. The SMILES string of the molecule is CC(CCC(O)(Cn1[nH]cnc1=S)C(C)(C)C)Oc1ccc(F)cc1F. The number of ether oxygens (including phenoxy) is 1. The average Bonchev–Trinajstić information content (AvgIpc) is 2.92. The van der Waals surface area contributed by atoms with Crippen molar-refractivity contribution in [1.29, 1.82) is 0 Å². The molecule has 2 atom stereocenters. The van der Waals surface area contributed by atoms with E-state index < -0.39 is 22.7 Å². The lowest BCUT2D eigenvalue weighted by molar-refractivity contribution is -0.0855. The van der Waals surface area contributed by atoms with Gasteiger partial charge in [-0.2, -0.15) is 0 Å². The summed E-state index contributed by atoms with van der Waals surface area (Å²) < 4.78 is 34.3. The van der Waals surface area contributed by atoms with Crippen LogP contribution in [-0.2, 0) is 6.54 Å². The van der Waals surface area contributed by atoms with Crippen LogP contribution in [0.15, 0.2) is 24.5 Å². The van der Waals surface area contributed by atoms with Crippen LogP contribution in [0.5, 0.6) is 5.75 Å². The number of nitrogens with zero attached hydrogens (tertiary/aromatic N) is 2. The molecular weight excluding hydrogens is 360 g/mol. The van der Waals surface area contributed by atoms with Gasteiger partial charge in [0.2, 0.25) is 4.77 Å². The Morgan fingerprint density at radius 2 is 2.04 bits per heavy atom. The van der Waals surface area contributed by atoms with Crippen LogP contribution >= 0.6 is 12.2 Å². The molecule has 0 amide bonds. The maximum absolute atomic E-state index is 13.7. The summed E-state index contributed by atoms with van der Waals surface area (Å²) in [6.07, 6.45) is 2.00. The summed E-state index contributed by atoms with van der Waals surface area (Å²) in [6, 6.07) is 3.20. The van der Waals surface area contributed by atoms with Crippen molar-refractivity contribution in [3.8, 4) is 5.75 Å². The van der Waals surface area contributed by atoms with E-state index in [0.29, 0.717) is 17.6 Å². The average molecular weight is 385 g/mol. The highest BCUT2D eigenvalue weighted by Gasteiger charge is 2.40. The fourth-order valence-corrected chi connectivity index (χ4v) is 2.80. The summed E-state index contributed by atoms with van der Waals surface area (Å²) in [6.45, 7) is 7.87. The number of H-pyrrole nitrogens is 1. The Bertz CT molecular complexity index is 800. The van der Waals surface area contributed by atoms with Crippen LogP contribution in [0.2, 0.25) is 0 Å². The van der Waals surface area contributed by atoms with Crippen molar-refractivity contribution < 1.29 is 18.6 Å². The summed E-state index contributed by atoms with van der Waals surface area (Å²) >= 11 is 5.14. The van der Waals surface area contributed by atoms with Crippen LogP contribution in [-0.4, -0.2) is 31.6 Å². The summed E-state index contributed by atoms with van der Waals surface area (Å²) in [5.41, 5.74) is -1.52. The first-order chi connectivity index (χ1) is 12.0. The largest absolute Gasteiger partial charge is 0.488 e. The summed E-state index contributed by atoms with van der Waals surface area (Å²) in [7, 11) is 0. The fourth-order valence-electron chi connectivity index (χ4n) is 2.63. The molecule has 5 nitrogen and oxygen atoms in total. The first-order valence-electron chi connectivity index (χ1n) is 8.46. The Morgan fingerprint density at radius 3 is 2.58 bits per heavy atom. The highest BCUT2D eigenvalue weighted by atomic mass is 32.1. The van der Waals surface area contributed by atoms with Crippen molar-refractivity contribution >= 4 is 12.2 Å². The molecule has 0 spiro atoms. The minimum atomic E-state index is -1.09. The van der Waals surface area contributed by atoms with Gasteiger partial charge in [0, 0.05) is 6.07 Å². The van der Waals surface area contributed by atoms with Crippen LogP contribution in [0.1, 0.15) is 40.5 Å². The monoisotopic (exact) mass is 385 g/mol. The highest BCUT2D eigenvalue weighted by molar-refractivity contribution is 7.71. The lowest BCUT2D eigenvalue weighted by Crippen LogP contribution is -2.47. The van der Waals surface area contributed by atoms with Gasteiger partial charge in [-0.15, -0.1) is 0 Å². The summed E-state index contributed by atoms with van der Waals surface area (Å²) in [5.74, 6) is -1.40. The zero-order valence-corrected chi connectivity index (χ0v) is 16.2. The van der Waals surface area contributed by atoms with Gasteiger partial charge in [-0.3, -0.25) is 9.78 Å². The topological polar surface area (TPSA) is 63.1 Å². The van der Waals surface area contributed by atoms with E-state index in [2.05, 4.69) is 10.1 Å². The second-order valence-corrected chi connectivity index (χ2v) is 7.94. The van der Waals surface area contributed by atoms with E-state index in [1.165, 1.54) is 12.4 Å². The third-order valence-corrected chi connectivity index (χ3v) is 4.95. The van der Waals surface area contributed by atoms with Crippen molar-refractivity contribution in [3.05, 3.63) is 40.9 Å². The van der Waals surface area contributed by atoms with E-state index in [0.717, 1.165) is 12.1 Å². The van der Waals surface area contributed by atoms with Crippen LogP contribution in [0.4, 0.5) is 8.78 Å². The molecule has 2 N–H and O–H groups in total. The van der Waals surface area contributed by atoms with Gasteiger partial charge in [0.25, 0.3) is 0 Å². The van der Waals surface area contributed by atoms with E-state index in [1.807, 2.05) is 20.8 Å². The van der Waals surface area contributed by atoms with Gasteiger partial charge in [0.1, 0.15) is 12.1 Å². The van der Waals surface area contributed by atoms with Crippen molar-refractivity contribution in [3.63, 3.8) is 0 Å². The Hall–Kier alpha value is -1.80. The minimum absolute atomic E-state index is 0.00557. The van der Waals surface area contributed by atoms with Crippen LogP contribution in [0, 0.1) is 21.8 Å². The predicted octanol–water partition coefficient (Wildman–Crippen LogP) is 4.24. The molecule has 0 bridgehead atoms. The Labute approximate surface area is 157 Å². The molecular formula is C18H25F2N3O2S.